The summed E-state index contributed by atoms with van der Waals surface area (Å²) in [6, 6.07) is 2.18. The van der Waals surface area contributed by atoms with Crippen LogP contribution in [0.5, 0.6) is 0 Å². The number of carbonyl (C=O) groups excluding carboxylic acids is 1. The van der Waals surface area contributed by atoms with Crippen LogP contribution in [0.4, 0.5) is 8.78 Å². The van der Waals surface area contributed by atoms with Crippen LogP contribution in [0.3, 0.4) is 0 Å². The molecule has 1 amide bonds. The third-order valence-electron chi connectivity index (χ3n) is 6.68. The average molecular weight is 528 g/mol. The van der Waals surface area contributed by atoms with E-state index in [9.17, 15) is 13.6 Å². The minimum absolute atomic E-state index is 0.258. The molecule has 2 heterocycles. The molecule has 0 radical (unpaired) electrons. The summed E-state index contributed by atoms with van der Waals surface area (Å²) in [5, 5.41) is 2.86. The van der Waals surface area contributed by atoms with Crippen molar-refractivity contribution in [3.63, 3.8) is 0 Å². The molecule has 0 aromatic heterocycles. The first-order valence-electron chi connectivity index (χ1n) is 13.7. The van der Waals surface area contributed by atoms with E-state index in [-0.39, 0.29) is 12.2 Å². The van der Waals surface area contributed by atoms with Crippen molar-refractivity contribution in [3.05, 3.63) is 35.4 Å². The van der Waals surface area contributed by atoms with Crippen LogP contribution in [0.15, 0.2) is 18.2 Å². The molecule has 9 heteroatoms. The molecule has 37 heavy (non-hydrogen) atoms. The second-order valence-corrected chi connectivity index (χ2v) is 10.3. The molecule has 2 aliphatic rings. The summed E-state index contributed by atoms with van der Waals surface area (Å²) in [5.41, 5.74) is -0.258. The van der Waals surface area contributed by atoms with E-state index >= 15 is 0 Å². The molecule has 0 spiro atoms. The Bertz CT molecular complexity index is 854. The van der Waals surface area contributed by atoms with Gasteiger partial charge in [0.15, 0.2) is 12.1 Å². The molecular formula is C28H43F2NO6. The van der Waals surface area contributed by atoms with Gasteiger partial charge < -0.3 is 29.0 Å². The zero-order chi connectivity index (χ0) is 26.8. The van der Waals surface area contributed by atoms with Gasteiger partial charge in [0.2, 0.25) is 0 Å². The number of fused-ring (bicyclic) bond motifs is 1. The fourth-order valence-corrected chi connectivity index (χ4v) is 4.75. The lowest BCUT2D eigenvalue weighted by Gasteiger charge is -2.31. The van der Waals surface area contributed by atoms with Crippen molar-refractivity contribution < 1.29 is 37.3 Å². The van der Waals surface area contributed by atoms with Gasteiger partial charge in [0.25, 0.3) is 5.91 Å². The Morgan fingerprint density at radius 3 is 2.41 bits per heavy atom. The lowest BCUT2D eigenvalue weighted by Crippen LogP contribution is -2.53. The molecule has 5 atom stereocenters. The quantitative estimate of drug-likeness (QED) is 0.286. The molecule has 7 nitrogen and oxygen atoms in total. The first kappa shape index (κ1) is 29.9. The van der Waals surface area contributed by atoms with Crippen molar-refractivity contribution >= 4 is 5.91 Å². The Morgan fingerprint density at radius 1 is 1.03 bits per heavy atom. The van der Waals surface area contributed by atoms with Crippen LogP contribution in [-0.4, -0.2) is 62.2 Å². The summed E-state index contributed by atoms with van der Waals surface area (Å²) in [4.78, 5) is 13.0. The van der Waals surface area contributed by atoms with Crippen LogP contribution in [0, 0.1) is 11.6 Å². The van der Waals surface area contributed by atoms with Crippen LogP contribution in [-0.2, 0) is 23.7 Å². The molecule has 2 saturated heterocycles. The predicted molar refractivity (Wildman–Crippen MR) is 135 cm³/mol. The molecule has 2 fully saturated rings. The maximum absolute atomic E-state index is 14.4. The molecule has 0 aliphatic carbocycles. The Morgan fingerprint density at radius 2 is 1.73 bits per heavy atom. The normalized spacial score (nSPS) is 25.2. The van der Waals surface area contributed by atoms with E-state index in [0.717, 1.165) is 63.5 Å². The van der Waals surface area contributed by atoms with Crippen molar-refractivity contribution in [2.24, 2.45) is 0 Å². The molecular weight excluding hydrogens is 484 g/mol. The SMILES string of the molecule is CCCCCCOC[C@@H](OCCCCCC)[C@H]1O[C@@H]2OC(C)(C)O[C@@H]2[C@H]1NC(=O)c1ccc(F)cc1F. The third-order valence-corrected chi connectivity index (χ3v) is 6.68. The van der Waals surface area contributed by atoms with Gasteiger partial charge in [0.1, 0.15) is 29.9 Å². The van der Waals surface area contributed by atoms with Gasteiger partial charge in [-0.05, 0) is 38.8 Å². The monoisotopic (exact) mass is 527 g/mol. The molecule has 0 bridgehead atoms. The minimum atomic E-state index is -0.937. The van der Waals surface area contributed by atoms with Crippen LogP contribution >= 0.6 is 0 Å². The summed E-state index contributed by atoms with van der Waals surface area (Å²) < 4.78 is 58.2. The molecule has 210 valence electrons. The highest BCUT2D eigenvalue weighted by Gasteiger charge is 2.57. The van der Waals surface area contributed by atoms with Crippen LogP contribution < -0.4 is 5.32 Å². The average Bonchev–Trinajstić information content (AvgIpc) is 3.31. The van der Waals surface area contributed by atoms with Crippen LogP contribution in [0.1, 0.15) is 89.4 Å². The number of hydrogen-bond donors (Lipinski definition) is 1. The fraction of sp³-hybridized carbons (Fsp3) is 0.750. The first-order valence-corrected chi connectivity index (χ1v) is 13.7. The van der Waals surface area contributed by atoms with E-state index in [2.05, 4.69) is 19.2 Å². The summed E-state index contributed by atoms with van der Waals surface area (Å²) >= 11 is 0. The maximum atomic E-state index is 14.4. The summed E-state index contributed by atoms with van der Waals surface area (Å²) in [6.07, 6.45) is 6.10. The van der Waals surface area contributed by atoms with E-state index < -0.39 is 54.0 Å². The van der Waals surface area contributed by atoms with Gasteiger partial charge in [-0.2, -0.15) is 0 Å². The van der Waals surface area contributed by atoms with Crippen molar-refractivity contribution in [2.45, 2.75) is 115 Å². The number of amides is 1. The number of hydrogen-bond acceptors (Lipinski definition) is 6. The first-order chi connectivity index (χ1) is 17.8. The lowest BCUT2D eigenvalue weighted by molar-refractivity contribution is -0.223. The Labute approximate surface area is 219 Å². The Kier molecular flexibility index (Phi) is 11.7. The number of nitrogens with one attached hydrogen (secondary N) is 1. The van der Waals surface area contributed by atoms with Gasteiger partial charge in [-0.15, -0.1) is 0 Å². The standard InChI is InChI=1S/C28H43F2NO6/c1-5-7-9-11-15-33-18-22(34-16-12-10-8-6-2)24-23(25-27(35-24)37-28(3,4)36-25)31-26(32)20-14-13-19(29)17-21(20)30/h13-14,17,22-25,27H,5-12,15-16,18H2,1-4H3,(H,31,32)/t22-,23+,24-,25-,27-/m1/s1. The minimum Gasteiger partial charge on any atom is -0.379 e. The Hall–Kier alpha value is -1.65. The second-order valence-electron chi connectivity index (χ2n) is 10.3. The zero-order valence-corrected chi connectivity index (χ0v) is 22.6. The van der Waals surface area contributed by atoms with Gasteiger partial charge in [0.05, 0.1) is 18.2 Å². The molecule has 1 aromatic carbocycles. The van der Waals surface area contributed by atoms with Gasteiger partial charge in [-0.1, -0.05) is 52.4 Å². The van der Waals surface area contributed by atoms with Gasteiger partial charge in [0, 0.05) is 19.3 Å². The van der Waals surface area contributed by atoms with Crippen molar-refractivity contribution in [2.75, 3.05) is 19.8 Å². The number of carbonyl (C=O) groups is 1. The topological polar surface area (TPSA) is 75.2 Å². The zero-order valence-electron chi connectivity index (χ0n) is 22.6. The Balaban J connectivity index is 1.73. The van der Waals surface area contributed by atoms with Crippen molar-refractivity contribution in [1.82, 2.24) is 5.32 Å². The van der Waals surface area contributed by atoms with Crippen LogP contribution in [0.2, 0.25) is 0 Å². The number of unbranched alkanes of at least 4 members (excludes halogenated alkanes) is 6. The lowest BCUT2D eigenvalue weighted by atomic mass is 10.0. The fourth-order valence-electron chi connectivity index (χ4n) is 4.75. The van der Waals surface area contributed by atoms with Gasteiger partial charge in [-0.25, -0.2) is 8.78 Å². The summed E-state index contributed by atoms with van der Waals surface area (Å²) in [7, 11) is 0. The number of benzene rings is 1. The van der Waals surface area contributed by atoms with E-state index in [1.54, 1.807) is 13.8 Å². The van der Waals surface area contributed by atoms with E-state index in [1.807, 2.05) is 0 Å². The van der Waals surface area contributed by atoms with Crippen LogP contribution in [0.25, 0.3) is 0 Å². The number of rotatable bonds is 16. The van der Waals surface area contributed by atoms with E-state index in [1.165, 1.54) is 0 Å². The molecule has 0 saturated carbocycles. The number of ether oxygens (including phenoxy) is 5. The van der Waals surface area contributed by atoms with E-state index in [0.29, 0.717) is 19.3 Å². The smallest absolute Gasteiger partial charge is 0.254 e. The molecule has 1 N–H and O–H groups in total. The molecule has 0 unspecified atom stereocenters. The molecule has 2 aliphatic heterocycles. The molecule has 3 rings (SSSR count). The summed E-state index contributed by atoms with van der Waals surface area (Å²) in [6.45, 7) is 9.26. The highest BCUT2D eigenvalue weighted by Crippen LogP contribution is 2.39. The van der Waals surface area contributed by atoms with Gasteiger partial charge >= 0.3 is 0 Å². The van der Waals surface area contributed by atoms with Crippen molar-refractivity contribution in [3.8, 4) is 0 Å². The maximum Gasteiger partial charge on any atom is 0.254 e. The highest BCUT2D eigenvalue weighted by atomic mass is 19.1. The second kappa shape index (κ2) is 14.5. The van der Waals surface area contributed by atoms with Gasteiger partial charge in [-0.3, -0.25) is 4.79 Å². The third kappa shape index (κ3) is 8.68. The predicted octanol–water partition coefficient (Wildman–Crippen LogP) is 5.50. The molecule has 1 aromatic rings. The van der Waals surface area contributed by atoms with E-state index in [4.69, 9.17) is 23.7 Å². The summed E-state index contributed by atoms with van der Waals surface area (Å²) in [5.74, 6) is -3.28. The number of halogens is 2. The largest absolute Gasteiger partial charge is 0.379 e. The van der Waals surface area contributed by atoms with Crippen molar-refractivity contribution in [1.29, 1.82) is 0 Å². The highest BCUT2D eigenvalue weighted by molar-refractivity contribution is 5.94.